The van der Waals surface area contributed by atoms with E-state index in [-0.39, 0.29) is 5.54 Å². The van der Waals surface area contributed by atoms with E-state index in [4.69, 9.17) is 0 Å². The molecule has 0 amide bonds. The van der Waals surface area contributed by atoms with Crippen molar-refractivity contribution in [2.45, 2.75) is 39.3 Å². The van der Waals surface area contributed by atoms with Crippen LogP contribution in [0.5, 0.6) is 0 Å². The van der Waals surface area contributed by atoms with Gasteiger partial charge >= 0.3 is 0 Å². The van der Waals surface area contributed by atoms with Gasteiger partial charge in [-0.3, -0.25) is 0 Å². The van der Waals surface area contributed by atoms with E-state index in [0.717, 1.165) is 31.7 Å². The first-order valence-electron chi connectivity index (χ1n) is 7.59. The van der Waals surface area contributed by atoms with Gasteiger partial charge in [0, 0.05) is 24.5 Å². The van der Waals surface area contributed by atoms with Crippen LogP contribution in [-0.4, -0.2) is 28.4 Å². The predicted molar refractivity (Wildman–Crippen MR) is 87.6 cm³/mol. The van der Waals surface area contributed by atoms with E-state index in [2.05, 4.69) is 60.8 Å². The second-order valence-electron chi connectivity index (χ2n) is 6.33. The number of aromatic nitrogens is 2. The minimum Gasteiger partial charge on any atom is -0.313 e. The fraction of sp³-hybridized carbons (Fsp3) is 0.471. The maximum atomic E-state index is 4.26. The summed E-state index contributed by atoms with van der Waals surface area (Å²) in [7, 11) is 0. The lowest BCUT2D eigenvalue weighted by Crippen LogP contribution is -2.37. The van der Waals surface area contributed by atoms with Crippen LogP contribution in [0, 0.1) is 0 Å². The molecule has 0 aliphatic rings. The SMILES string of the molecule is CC(C)(C)NCCCNCc1cccc(-n2cccn2)c1. The van der Waals surface area contributed by atoms with Crippen molar-refractivity contribution in [3.05, 3.63) is 48.3 Å². The van der Waals surface area contributed by atoms with Gasteiger partial charge in [-0.15, -0.1) is 0 Å². The molecule has 0 aliphatic carbocycles. The van der Waals surface area contributed by atoms with E-state index in [1.54, 1.807) is 6.20 Å². The normalized spacial score (nSPS) is 11.8. The number of hydrogen-bond acceptors (Lipinski definition) is 3. The molecule has 0 spiro atoms. The molecule has 1 aromatic carbocycles. The standard InChI is InChI=1S/C17H26N4/c1-17(2,3)19-10-5-9-18-14-15-7-4-8-16(13-15)21-12-6-11-20-21/h4,6-8,11-13,18-19H,5,9-10,14H2,1-3H3. The molecule has 0 bridgehead atoms. The summed E-state index contributed by atoms with van der Waals surface area (Å²) < 4.78 is 1.89. The van der Waals surface area contributed by atoms with Crippen LogP contribution in [0.1, 0.15) is 32.8 Å². The zero-order valence-corrected chi connectivity index (χ0v) is 13.3. The van der Waals surface area contributed by atoms with Gasteiger partial charge in [0.25, 0.3) is 0 Å². The quantitative estimate of drug-likeness (QED) is 0.769. The molecule has 0 atom stereocenters. The Hall–Kier alpha value is -1.65. The lowest BCUT2D eigenvalue weighted by Gasteiger charge is -2.20. The van der Waals surface area contributed by atoms with Crippen LogP contribution in [0.3, 0.4) is 0 Å². The van der Waals surface area contributed by atoms with Gasteiger partial charge < -0.3 is 10.6 Å². The highest BCUT2D eigenvalue weighted by Crippen LogP contribution is 2.09. The zero-order chi connectivity index (χ0) is 15.1. The van der Waals surface area contributed by atoms with Crippen molar-refractivity contribution < 1.29 is 0 Å². The molecular weight excluding hydrogens is 260 g/mol. The van der Waals surface area contributed by atoms with Crippen LogP contribution in [0.4, 0.5) is 0 Å². The minimum atomic E-state index is 0.206. The second kappa shape index (κ2) is 7.38. The number of nitrogens with zero attached hydrogens (tertiary/aromatic N) is 2. The summed E-state index contributed by atoms with van der Waals surface area (Å²) in [6.45, 7) is 9.55. The van der Waals surface area contributed by atoms with E-state index in [0.29, 0.717) is 0 Å². The molecule has 114 valence electrons. The summed E-state index contributed by atoms with van der Waals surface area (Å²) in [5.74, 6) is 0. The molecule has 2 rings (SSSR count). The molecule has 0 aliphatic heterocycles. The van der Waals surface area contributed by atoms with E-state index >= 15 is 0 Å². The van der Waals surface area contributed by atoms with E-state index in [1.807, 2.05) is 16.9 Å². The lowest BCUT2D eigenvalue weighted by molar-refractivity contribution is 0.418. The van der Waals surface area contributed by atoms with Crippen molar-refractivity contribution in [1.82, 2.24) is 20.4 Å². The van der Waals surface area contributed by atoms with Gasteiger partial charge in [0.05, 0.1) is 5.69 Å². The highest BCUT2D eigenvalue weighted by molar-refractivity contribution is 5.34. The number of nitrogens with one attached hydrogen (secondary N) is 2. The minimum absolute atomic E-state index is 0.206. The van der Waals surface area contributed by atoms with Gasteiger partial charge in [-0.25, -0.2) is 4.68 Å². The summed E-state index contributed by atoms with van der Waals surface area (Å²) in [5, 5.41) is 11.2. The molecule has 0 fully saturated rings. The van der Waals surface area contributed by atoms with E-state index < -0.39 is 0 Å². The largest absolute Gasteiger partial charge is 0.313 e. The third kappa shape index (κ3) is 5.69. The Bertz CT molecular complexity index is 526. The van der Waals surface area contributed by atoms with Gasteiger partial charge in [0.2, 0.25) is 0 Å². The van der Waals surface area contributed by atoms with Crippen LogP contribution in [0.2, 0.25) is 0 Å². The molecule has 4 nitrogen and oxygen atoms in total. The first-order chi connectivity index (χ1) is 10.0. The van der Waals surface area contributed by atoms with Crippen molar-refractivity contribution >= 4 is 0 Å². The molecular formula is C17H26N4. The molecule has 0 radical (unpaired) electrons. The molecule has 1 aromatic heterocycles. The van der Waals surface area contributed by atoms with E-state index in [1.165, 1.54) is 5.56 Å². The Kier molecular flexibility index (Phi) is 5.53. The van der Waals surface area contributed by atoms with E-state index in [9.17, 15) is 0 Å². The molecule has 2 N–H and O–H groups in total. The average Bonchev–Trinajstić information content (AvgIpc) is 2.96. The fourth-order valence-electron chi connectivity index (χ4n) is 2.14. The van der Waals surface area contributed by atoms with Gasteiger partial charge in [0.1, 0.15) is 0 Å². The Morgan fingerprint density at radius 1 is 1.14 bits per heavy atom. The highest BCUT2D eigenvalue weighted by Gasteiger charge is 2.06. The van der Waals surface area contributed by atoms with Crippen molar-refractivity contribution in [1.29, 1.82) is 0 Å². The van der Waals surface area contributed by atoms with Gasteiger partial charge in [0.15, 0.2) is 0 Å². The molecule has 0 saturated carbocycles. The van der Waals surface area contributed by atoms with Gasteiger partial charge in [-0.1, -0.05) is 12.1 Å². The van der Waals surface area contributed by atoms with Crippen molar-refractivity contribution in [3.63, 3.8) is 0 Å². The predicted octanol–water partition coefficient (Wildman–Crippen LogP) is 2.74. The van der Waals surface area contributed by atoms with Crippen molar-refractivity contribution in [3.8, 4) is 5.69 Å². The van der Waals surface area contributed by atoms with Gasteiger partial charge in [-0.05, 0) is 64.0 Å². The fourth-order valence-corrected chi connectivity index (χ4v) is 2.14. The summed E-state index contributed by atoms with van der Waals surface area (Å²) in [5.41, 5.74) is 2.60. The Morgan fingerprint density at radius 3 is 2.71 bits per heavy atom. The van der Waals surface area contributed by atoms with Crippen LogP contribution < -0.4 is 10.6 Å². The van der Waals surface area contributed by atoms with Crippen LogP contribution in [0.15, 0.2) is 42.7 Å². The number of benzene rings is 1. The lowest BCUT2D eigenvalue weighted by atomic mass is 10.1. The maximum absolute atomic E-state index is 4.26. The Balaban J connectivity index is 1.73. The Labute approximate surface area is 127 Å². The van der Waals surface area contributed by atoms with Crippen LogP contribution >= 0.6 is 0 Å². The summed E-state index contributed by atoms with van der Waals surface area (Å²) in [6.07, 6.45) is 4.90. The molecule has 1 heterocycles. The monoisotopic (exact) mass is 286 g/mol. The second-order valence-corrected chi connectivity index (χ2v) is 6.33. The van der Waals surface area contributed by atoms with Gasteiger partial charge in [-0.2, -0.15) is 5.10 Å². The molecule has 21 heavy (non-hydrogen) atoms. The smallest absolute Gasteiger partial charge is 0.0648 e. The van der Waals surface area contributed by atoms with Crippen molar-refractivity contribution in [2.75, 3.05) is 13.1 Å². The van der Waals surface area contributed by atoms with Crippen molar-refractivity contribution in [2.24, 2.45) is 0 Å². The molecule has 4 heteroatoms. The number of rotatable bonds is 7. The molecule has 2 aromatic rings. The third-order valence-corrected chi connectivity index (χ3v) is 3.19. The zero-order valence-electron chi connectivity index (χ0n) is 13.3. The Morgan fingerprint density at radius 2 is 2.00 bits per heavy atom. The average molecular weight is 286 g/mol. The first-order valence-corrected chi connectivity index (χ1v) is 7.59. The molecule has 0 unspecified atom stereocenters. The maximum Gasteiger partial charge on any atom is 0.0648 e. The topological polar surface area (TPSA) is 41.9 Å². The summed E-state index contributed by atoms with van der Waals surface area (Å²) >= 11 is 0. The summed E-state index contributed by atoms with van der Waals surface area (Å²) in [4.78, 5) is 0. The number of hydrogen-bond donors (Lipinski definition) is 2. The third-order valence-electron chi connectivity index (χ3n) is 3.19. The first kappa shape index (κ1) is 15.7. The van der Waals surface area contributed by atoms with Crippen LogP contribution in [-0.2, 0) is 6.54 Å². The van der Waals surface area contributed by atoms with Crippen LogP contribution in [0.25, 0.3) is 5.69 Å². The molecule has 0 saturated heterocycles. The summed E-state index contributed by atoms with van der Waals surface area (Å²) in [6, 6.07) is 10.4. The highest BCUT2D eigenvalue weighted by atomic mass is 15.3.